The predicted molar refractivity (Wildman–Crippen MR) is 75.6 cm³/mol. The van der Waals surface area contributed by atoms with Gasteiger partial charge < -0.3 is 10.0 Å². The number of hydrogen-bond donors (Lipinski definition) is 1. The zero-order chi connectivity index (χ0) is 14.5. The summed E-state index contributed by atoms with van der Waals surface area (Å²) >= 11 is 1.57. The molecule has 0 aliphatic carbocycles. The summed E-state index contributed by atoms with van der Waals surface area (Å²) in [5.74, 6) is -0.762. The second-order valence-corrected chi connectivity index (χ2v) is 8.46. The van der Waals surface area contributed by atoms with Gasteiger partial charge >= 0.3 is 5.97 Å². The van der Waals surface area contributed by atoms with E-state index >= 15 is 0 Å². The van der Waals surface area contributed by atoms with Crippen LogP contribution in [0.5, 0.6) is 0 Å². The van der Waals surface area contributed by atoms with Crippen molar-refractivity contribution in [3.63, 3.8) is 0 Å². The molecule has 0 bridgehead atoms. The first-order chi connectivity index (χ1) is 8.63. The summed E-state index contributed by atoms with van der Waals surface area (Å²) in [6, 6.07) is 0.0587. The van der Waals surface area contributed by atoms with Crippen LogP contribution in [0.3, 0.4) is 0 Å². The molecule has 2 atom stereocenters. The molecule has 0 radical (unpaired) electrons. The largest absolute Gasteiger partial charge is 0.477 e. The van der Waals surface area contributed by atoms with Crippen molar-refractivity contribution in [3.05, 3.63) is 10.6 Å². The van der Waals surface area contributed by atoms with Gasteiger partial charge in [0.15, 0.2) is 0 Å². The molecule has 0 aromatic heterocycles. The number of thioether (sulfide) groups is 1. The van der Waals surface area contributed by atoms with E-state index in [1.165, 1.54) is 4.90 Å². The van der Waals surface area contributed by atoms with Crippen LogP contribution in [0.4, 0.5) is 0 Å². The van der Waals surface area contributed by atoms with Crippen LogP contribution in [0, 0.1) is 11.8 Å². The molecule has 1 amide bonds. The molecule has 1 saturated heterocycles. The van der Waals surface area contributed by atoms with E-state index < -0.39 is 5.97 Å². The Morgan fingerprint density at radius 3 is 2.42 bits per heavy atom. The summed E-state index contributed by atoms with van der Waals surface area (Å²) in [5.41, 5.74) is 0.215. The lowest BCUT2D eigenvalue weighted by Crippen LogP contribution is -2.60. The highest BCUT2D eigenvalue weighted by molar-refractivity contribution is 8.04. The van der Waals surface area contributed by atoms with Crippen molar-refractivity contribution in [1.29, 1.82) is 0 Å². The number of rotatable bonds is 3. The third-order valence-electron chi connectivity index (χ3n) is 3.52. The molecule has 4 nitrogen and oxygen atoms in total. The minimum atomic E-state index is -0.982. The number of carboxylic acids is 1. The number of carbonyl (C=O) groups is 2. The number of fused-ring (bicyclic) bond motifs is 1. The summed E-state index contributed by atoms with van der Waals surface area (Å²) < 4.78 is -0.0443. The van der Waals surface area contributed by atoms with Crippen LogP contribution in [-0.4, -0.2) is 32.7 Å². The van der Waals surface area contributed by atoms with Gasteiger partial charge in [0.25, 0.3) is 0 Å². The Bertz CT molecular complexity index is 462. The van der Waals surface area contributed by atoms with Crippen molar-refractivity contribution >= 4 is 23.6 Å². The Hall–Kier alpha value is -0.970. The fourth-order valence-electron chi connectivity index (χ4n) is 2.89. The van der Waals surface area contributed by atoms with E-state index in [-0.39, 0.29) is 34.2 Å². The molecule has 2 unspecified atom stereocenters. The molecule has 0 saturated carbocycles. The van der Waals surface area contributed by atoms with Crippen molar-refractivity contribution in [2.45, 2.75) is 51.8 Å². The Morgan fingerprint density at radius 1 is 1.42 bits per heavy atom. The number of carbonyl (C=O) groups excluding carboxylic acids is 1. The van der Waals surface area contributed by atoms with E-state index in [4.69, 9.17) is 0 Å². The minimum absolute atomic E-state index is 0.0209. The van der Waals surface area contributed by atoms with E-state index in [2.05, 4.69) is 20.8 Å². The van der Waals surface area contributed by atoms with Gasteiger partial charge in [-0.2, -0.15) is 0 Å². The second kappa shape index (κ2) is 4.54. The number of carboxylic acid groups (broad SMARTS) is 1. The predicted octanol–water partition coefficient (Wildman–Crippen LogP) is 2.70. The number of β-lactam (4-membered cyclic amide) rings is 1. The van der Waals surface area contributed by atoms with Crippen LogP contribution in [0.25, 0.3) is 0 Å². The van der Waals surface area contributed by atoms with Crippen LogP contribution in [0.1, 0.15) is 41.0 Å². The maximum Gasteiger partial charge on any atom is 0.353 e. The number of amides is 1. The smallest absolute Gasteiger partial charge is 0.353 e. The van der Waals surface area contributed by atoms with Crippen molar-refractivity contribution in [2.24, 2.45) is 11.8 Å². The Balaban J connectivity index is 2.29. The van der Waals surface area contributed by atoms with E-state index in [0.29, 0.717) is 6.42 Å². The van der Waals surface area contributed by atoms with Crippen molar-refractivity contribution in [2.75, 3.05) is 0 Å². The number of nitrogens with zero attached hydrogens (tertiary/aromatic N) is 1. The average Bonchev–Trinajstić information content (AvgIpc) is 2.49. The first-order valence-electron chi connectivity index (χ1n) is 6.62. The van der Waals surface area contributed by atoms with E-state index in [9.17, 15) is 14.7 Å². The standard InChI is InChI=1S/C14H21NO3S/c1-7(2)10-8-6-9(19-14(3,4)5)11(13(17)18)15(8)12(10)16/h7-8,10H,6H2,1-5H3,(H,17,18). The van der Waals surface area contributed by atoms with Gasteiger partial charge in [0.05, 0.1) is 12.0 Å². The SMILES string of the molecule is CC(C)C1C(=O)N2C(C(=O)O)=C(SC(C)(C)C)CC12. The highest BCUT2D eigenvalue weighted by Gasteiger charge is 2.56. The van der Waals surface area contributed by atoms with Gasteiger partial charge in [-0.05, 0) is 5.92 Å². The van der Waals surface area contributed by atoms with Gasteiger partial charge in [0.1, 0.15) is 5.70 Å². The molecule has 1 N–H and O–H groups in total. The molecule has 5 heteroatoms. The summed E-state index contributed by atoms with van der Waals surface area (Å²) in [4.78, 5) is 25.9. The maximum atomic E-state index is 12.1. The van der Waals surface area contributed by atoms with Crippen LogP contribution in [0.2, 0.25) is 0 Å². The number of aliphatic carboxylic acids is 1. The molecule has 2 aliphatic heterocycles. The molecule has 0 spiro atoms. The fraction of sp³-hybridized carbons (Fsp3) is 0.714. The van der Waals surface area contributed by atoms with Gasteiger partial charge in [-0.25, -0.2) is 4.79 Å². The van der Waals surface area contributed by atoms with Crippen LogP contribution in [0.15, 0.2) is 10.6 Å². The van der Waals surface area contributed by atoms with Gasteiger partial charge in [0.2, 0.25) is 5.91 Å². The minimum Gasteiger partial charge on any atom is -0.477 e. The van der Waals surface area contributed by atoms with Gasteiger partial charge in [-0.15, -0.1) is 11.8 Å². The van der Waals surface area contributed by atoms with Crippen molar-refractivity contribution in [3.8, 4) is 0 Å². The first-order valence-corrected chi connectivity index (χ1v) is 7.43. The first kappa shape index (κ1) is 14.4. The highest BCUT2D eigenvalue weighted by Crippen LogP contribution is 2.50. The average molecular weight is 283 g/mol. The Morgan fingerprint density at radius 2 is 2.00 bits per heavy atom. The molecule has 2 rings (SSSR count). The van der Waals surface area contributed by atoms with Crippen LogP contribution >= 0.6 is 11.8 Å². The second-order valence-electron chi connectivity index (χ2n) is 6.54. The Labute approximate surface area is 118 Å². The van der Waals surface area contributed by atoms with Crippen LogP contribution in [-0.2, 0) is 9.59 Å². The lowest BCUT2D eigenvalue weighted by Gasteiger charge is -2.45. The monoisotopic (exact) mass is 283 g/mol. The molecule has 0 aromatic carbocycles. The third-order valence-corrected chi connectivity index (χ3v) is 4.74. The Kier molecular flexibility index (Phi) is 3.45. The summed E-state index contributed by atoms with van der Waals surface area (Å²) in [6.45, 7) is 10.2. The maximum absolute atomic E-state index is 12.1. The lowest BCUT2D eigenvalue weighted by atomic mass is 9.79. The fourth-order valence-corrected chi connectivity index (χ4v) is 4.17. The zero-order valence-electron chi connectivity index (χ0n) is 12.1. The molecule has 106 valence electrons. The molecule has 1 fully saturated rings. The van der Waals surface area contributed by atoms with Gasteiger partial charge in [-0.3, -0.25) is 4.79 Å². The van der Waals surface area contributed by atoms with E-state index in [1.807, 2.05) is 13.8 Å². The quantitative estimate of drug-likeness (QED) is 0.809. The molecule has 2 heterocycles. The summed E-state index contributed by atoms with van der Waals surface area (Å²) in [6.07, 6.45) is 0.693. The van der Waals surface area contributed by atoms with Crippen LogP contribution < -0.4 is 0 Å². The molecule has 2 aliphatic rings. The molecule has 0 aromatic rings. The highest BCUT2D eigenvalue weighted by atomic mass is 32.2. The normalized spacial score (nSPS) is 26.8. The van der Waals surface area contributed by atoms with E-state index in [1.54, 1.807) is 11.8 Å². The van der Waals surface area contributed by atoms with E-state index in [0.717, 1.165) is 4.91 Å². The van der Waals surface area contributed by atoms with Gasteiger partial charge in [-0.1, -0.05) is 34.6 Å². The van der Waals surface area contributed by atoms with Gasteiger partial charge in [0, 0.05) is 16.1 Å². The summed E-state index contributed by atoms with van der Waals surface area (Å²) in [7, 11) is 0. The third kappa shape index (κ3) is 2.40. The molecule has 19 heavy (non-hydrogen) atoms. The lowest BCUT2D eigenvalue weighted by molar-refractivity contribution is -0.157. The molecular formula is C14H21NO3S. The number of hydrogen-bond acceptors (Lipinski definition) is 3. The summed E-state index contributed by atoms with van der Waals surface area (Å²) in [5, 5.41) is 9.38. The zero-order valence-corrected chi connectivity index (χ0v) is 12.9. The topological polar surface area (TPSA) is 57.6 Å². The van der Waals surface area contributed by atoms with Crippen molar-refractivity contribution < 1.29 is 14.7 Å². The van der Waals surface area contributed by atoms with Crippen molar-refractivity contribution in [1.82, 2.24) is 4.90 Å². The molecular weight excluding hydrogens is 262 g/mol.